The Balaban J connectivity index is 1.66. The molecule has 0 aliphatic carbocycles. The molecular weight excluding hydrogens is 352 g/mol. The summed E-state index contributed by atoms with van der Waals surface area (Å²) >= 11 is 0. The number of benzene rings is 1. The van der Waals surface area contributed by atoms with Crippen molar-refractivity contribution in [3.8, 4) is 0 Å². The molecule has 0 radical (unpaired) electrons. The Bertz CT molecular complexity index is 864. The van der Waals surface area contributed by atoms with Crippen LogP contribution in [-0.2, 0) is 11.3 Å². The summed E-state index contributed by atoms with van der Waals surface area (Å²) in [4.78, 5) is 45.4. The number of hydrogen-bond donors (Lipinski definition) is 2. The van der Waals surface area contributed by atoms with Crippen molar-refractivity contribution in [2.45, 2.75) is 19.4 Å². The molecule has 2 rings (SSSR count). The van der Waals surface area contributed by atoms with Crippen molar-refractivity contribution in [1.29, 1.82) is 0 Å². The number of carbonyl (C=O) groups excluding carboxylic acids is 2. The molecule has 1 aromatic carbocycles. The second kappa shape index (κ2) is 9.85. The van der Waals surface area contributed by atoms with Gasteiger partial charge in [-0.2, -0.15) is 0 Å². The van der Waals surface area contributed by atoms with E-state index >= 15 is 0 Å². The number of aryl methyl sites for hydroxylation is 1. The summed E-state index contributed by atoms with van der Waals surface area (Å²) in [6, 6.07) is 10.9. The van der Waals surface area contributed by atoms with Crippen LogP contribution in [0.1, 0.15) is 23.2 Å². The molecule has 0 unspecified atom stereocenters. The predicted octanol–water partition coefficient (Wildman–Crippen LogP) is 1.08. The summed E-state index contributed by atoms with van der Waals surface area (Å²) in [5.74, 6) is -0.636. The van der Waals surface area contributed by atoms with Gasteiger partial charge in [-0.05, 0) is 25.0 Å². The molecule has 2 aromatic rings. The smallest absolute Gasteiger partial charge is 0.285 e. The summed E-state index contributed by atoms with van der Waals surface area (Å²) in [5.41, 5.74) is 0.0259. The van der Waals surface area contributed by atoms with Crippen molar-refractivity contribution < 1.29 is 14.5 Å². The minimum atomic E-state index is -0.556. The van der Waals surface area contributed by atoms with E-state index in [1.54, 1.807) is 30.3 Å². The zero-order valence-electron chi connectivity index (χ0n) is 14.6. The second-order valence-electron chi connectivity index (χ2n) is 5.78. The van der Waals surface area contributed by atoms with Crippen LogP contribution in [-0.4, -0.2) is 34.4 Å². The average molecular weight is 372 g/mol. The number of amides is 2. The van der Waals surface area contributed by atoms with Gasteiger partial charge < -0.3 is 15.2 Å². The summed E-state index contributed by atoms with van der Waals surface area (Å²) in [5, 5.41) is 15.9. The first-order valence-corrected chi connectivity index (χ1v) is 8.42. The fourth-order valence-electron chi connectivity index (χ4n) is 2.35. The van der Waals surface area contributed by atoms with E-state index in [9.17, 15) is 24.5 Å². The number of aromatic nitrogens is 1. The highest BCUT2D eigenvalue weighted by molar-refractivity contribution is 5.96. The third-order valence-electron chi connectivity index (χ3n) is 3.77. The molecule has 0 atom stereocenters. The monoisotopic (exact) mass is 372 g/mol. The van der Waals surface area contributed by atoms with Gasteiger partial charge in [-0.3, -0.25) is 24.5 Å². The number of nitro groups is 1. The third-order valence-corrected chi connectivity index (χ3v) is 3.77. The maximum atomic E-state index is 11.8. The zero-order valence-corrected chi connectivity index (χ0v) is 14.6. The third kappa shape index (κ3) is 6.38. The molecule has 0 aliphatic rings. The number of pyridine rings is 1. The maximum Gasteiger partial charge on any atom is 0.285 e. The number of hydrogen-bond acceptors (Lipinski definition) is 5. The number of unbranched alkanes of at least 4 members (excludes halogenated alkanes) is 1. The van der Waals surface area contributed by atoms with Crippen LogP contribution < -0.4 is 16.2 Å². The minimum absolute atomic E-state index is 0.127. The number of nitrogens with zero attached hydrogens (tertiary/aromatic N) is 2. The van der Waals surface area contributed by atoms with Crippen LogP contribution in [0.4, 0.5) is 5.69 Å². The van der Waals surface area contributed by atoms with Gasteiger partial charge in [-0.25, -0.2) is 0 Å². The Morgan fingerprint density at radius 2 is 1.78 bits per heavy atom. The molecule has 0 spiro atoms. The van der Waals surface area contributed by atoms with Gasteiger partial charge >= 0.3 is 0 Å². The lowest BCUT2D eigenvalue weighted by molar-refractivity contribution is -0.385. The maximum absolute atomic E-state index is 11.8. The first-order valence-electron chi connectivity index (χ1n) is 8.42. The molecule has 0 saturated carbocycles. The fraction of sp³-hybridized carbons (Fsp3) is 0.278. The molecule has 1 aromatic heterocycles. The van der Waals surface area contributed by atoms with E-state index in [4.69, 9.17) is 0 Å². The molecule has 9 nitrogen and oxygen atoms in total. The Morgan fingerprint density at radius 3 is 2.48 bits per heavy atom. The lowest BCUT2D eigenvalue weighted by atomic mass is 10.2. The van der Waals surface area contributed by atoms with Crippen LogP contribution in [0.5, 0.6) is 0 Å². The highest BCUT2D eigenvalue weighted by atomic mass is 16.6. The molecule has 27 heavy (non-hydrogen) atoms. The van der Waals surface area contributed by atoms with E-state index in [1.165, 1.54) is 16.8 Å². The van der Waals surface area contributed by atoms with Crippen molar-refractivity contribution in [2.75, 3.05) is 13.1 Å². The Kier molecular flexibility index (Phi) is 7.24. The summed E-state index contributed by atoms with van der Waals surface area (Å²) < 4.78 is 1.28. The SMILES string of the molecule is O=C(CNC(=O)c1ccccc1)NCCCCn1cc([N+](=O)[O-])ccc1=O. The highest BCUT2D eigenvalue weighted by Gasteiger charge is 2.08. The van der Waals surface area contributed by atoms with Gasteiger partial charge in [0.05, 0.1) is 17.7 Å². The first kappa shape index (κ1) is 19.8. The lowest BCUT2D eigenvalue weighted by Gasteiger charge is -2.08. The van der Waals surface area contributed by atoms with E-state index < -0.39 is 4.92 Å². The van der Waals surface area contributed by atoms with Gasteiger partial charge in [0.1, 0.15) is 0 Å². The van der Waals surface area contributed by atoms with Gasteiger partial charge in [-0.1, -0.05) is 18.2 Å². The van der Waals surface area contributed by atoms with Crippen molar-refractivity contribution in [3.63, 3.8) is 0 Å². The minimum Gasteiger partial charge on any atom is -0.355 e. The zero-order chi connectivity index (χ0) is 19.6. The van der Waals surface area contributed by atoms with Gasteiger partial charge in [0.25, 0.3) is 17.2 Å². The van der Waals surface area contributed by atoms with Gasteiger partial charge in [-0.15, -0.1) is 0 Å². The number of carbonyl (C=O) groups is 2. The van der Waals surface area contributed by atoms with Crippen molar-refractivity contribution in [2.24, 2.45) is 0 Å². The van der Waals surface area contributed by atoms with Crippen LogP contribution in [0.15, 0.2) is 53.5 Å². The van der Waals surface area contributed by atoms with E-state index in [2.05, 4.69) is 10.6 Å². The first-order chi connectivity index (χ1) is 13.0. The quantitative estimate of drug-likeness (QED) is 0.387. The fourth-order valence-corrected chi connectivity index (χ4v) is 2.35. The van der Waals surface area contributed by atoms with Crippen LogP contribution in [0, 0.1) is 10.1 Å². The number of rotatable bonds is 9. The molecule has 1 heterocycles. The van der Waals surface area contributed by atoms with Gasteiger partial charge in [0.2, 0.25) is 5.91 Å². The van der Waals surface area contributed by atoms with Gasteiger partial charge in [0, 0.05) is 30.8 Å². The molecule has 0 fully saturated rings. The summed E-state index contributed by atoms with van der Waals surface area (Å²) in [6.45, 7) is 0.572. The van der Waals surface area contributed by atoms with E-state index in [1.807, 2.05) is 0 Å². The molecule has 0 saturated heterocycles. The topological polar surface area (TPSA) is 123 Å². The number of nitrogens with one attached hydrogen (secondary N) is 2. The highest BCUT2D eigenvalue weighted by Crippen LogP contribution is 2.07. The van der Waals surface area contributed by atoms with E-state index in [0.29, 0.717) is 31.5 Å². The average Bonchev–Trinajstić information content (AvgIpc) is 2.67. The standard InChI is InChI=1S/C18H20N4O5/c23-16(12-20-18(25)14-6-2-1-3-7-14)19-10-4-5-11-21-13-15(22(26)27)8-9-17(21)24/h1-3,6-9,13H,4-5,10-12H2,(H,19,23)(H,20,25). The Morgan fingerprint density at radius 1 is 1.04 bits per heavy atom. The van der Waals surface area contributed by atoms with Crippen molar-refractivity contribution in [1.82, 2.24) is 15.2 Å². The molecule has 9 heteroatoms. The predicted molar refractivity (Wildman–Crippen MR) is 98.4 cm³/mol. The lowest BCUT2D eigenvalue weighted by Crippen LogP contribution is -2.37. The normalized spacial score (nSPS) is 10.2. The van der Waals surface area contributed by atoms with Crippen LogP contribution in [0.2, 0.25) is 0 Å². The van der Waals surface area contributed by atoms with E-state index in [0.717, 1.165) is 6.07 Å². The van der Waals surface area contributed by atoms with E-state index in [-0.39, 0.29) is 29.6 Å². The van der Waals surface area contributed by atoms with Gasteiger partial charge in [0.15, 0.2) is 0 Å². The van der Waals surface area contributed by atoms with Crippen LogP contribution in [0.25, 0.3) is 0 Å². The molecule has 142 valence electrons. The molecule has 2 N–H and O–H groups in total. The van der Waals surface area contributed by atoms with Crippen LogP contribution >= 0.6 is 0 Å². The summed E-state index contributed by atoms with van der Waals surface area (Å²) in [7, 11) is 0. The Hall–Kier alpha value is -3.49. The molecular formula is C18H20N4O5. The van der Waals surface area contributed by atoms with Crippen molar-refractivity contribution in [3.05, 3.63) is 74.7 Å². The molecule has 0 aliphatic heterocycles. The molecule has 0 bridgehead atoms. The largest absolute Gasteiger partial charge is 0.355 e. The summed E-state index contributed by atoms with van der Waals surface area (Å²) in [6.07, 6.45) is 2.37. The van der Waals surface area contributed by atoms with Crippen LogP contribution in [0.3, 0.4) is 0 Å². The van der Waals surface area contributed by atoms with Crippen molar-refractivity contribution >= 4 is 17.5 Å². The second-order valence-corrected chi connectivity index (χ2v) is 5.78. The molecule has 2 amide bonds. The Labute approximate surface area is 155 Å².